The number of aromatic nitrogens is 5. The fourth-order valence-electron chi connectivity index (χ4n) is 4.73. The minimum absolute atomic E-state index is 0.111. The molecule has 1 N–H and O–H groups in total. The first kappa shape index (κ1) is 20.8. The third-order valence-electron chi connectivity index (χ3n) is 6.45. The Balaban J connectivity index is 1.21. The SMILES string of the molecule is Cc1cccc(C(=O)NCc2nnn3c2COC2(CCN(Cc4cc(C)nn4C)C2)C3)c1. The van der Waals surface area contributed by atoms with E-state index in [4.69, 9.17) is 4.74 Å². The number of hydrogen-bond donors (Lipinski definition) is 1. The van der Waals surface area contributed by atoms with E-state index in [0.29, 0.717) is 25.3 Å². The van der Waals surface area contributed by atoms with Gasteiger partial charge in [0.2, 0.25) is 0 Å². The number of aryl methyl sites for hydroxylation is 3. The Morgan fingerprint density at radius 2 is 2.12 bits per heavy atom. The summed E-state index contributed by atoms with van der Waals surface area (Å²) in [6.45, 7) is 8.17. The second-order valence-electron chi connectivity index (χ2n) is 9.03. The Morgan fingerprint density at radius 1 is 1.25 bits per heavy atom. The van der Waals surface area contributed by atoms with E-state index in [1.165, 1.54) is 5.69 Å². The van der Waals surface area contributed by atoms with Gasteiger partial charge in [-0.1, -0.05) is 22.9 Å². The molecule has 2 aromatic heterocycles. The number of nitrogens with zero attached hydrogens (tertiary/aromatic N) is 6. The lowest BCUT2D eigenvalue weighted by Gasteiger charge is -2.34. The van der Waals surface area contributed by atoms with Crippen molar-refractivity contribution >= 4 is 5.91 Å². The first-order chi connectivity index (χ1) is 15.4. The van der Waals surface area contributed by atoms with E-state index in [9.17, 15) is 4.79 Å². The van der Waals surface area contributed by atoms with Crippen LogP contribution in [-0.4, -0.2) is 54.3 Å². The summed E-state index contributed by atoms with van der Waals surface area (Å²) in [5.41, 5.74) is 5.43. The van der Waals surface area contributed by atoms with Crippen LogP contribution < -0.4 is 5.32 Å². The van der Waals surface area contributed by atoms with Gasteiger partial charge in [-0.2, -0.15) is 5.10 Å². The van der Waals surface area contributed by atoms with Crippen molar-refractivity contribution < 1.29 is 9.53 Å². The summed E-state index contributed by atoms with van der Waals surface area (Å²) in [5, 5.41) is 16.1. The van der Waals surface area contributed by atoms with Crippen molar-refractivity contribution in [3.05, 3.63) is 64.2 Å². The van der Waals surface area contributed by atoms with Gasteiger partial charge in [-0.05, 0) is 38.5 Å². The fraction of sp³-hybridized carbons (Fsp3) is 0.478. The van der Waals surface area contributed by atoms with E-state index < -0.39 is 0 Å². The number of fused-ring (bicyclic) bond motifs is 1. The van der Waals surface area contributed by atoms with Gasteiger partial charge in [-0.3, -0.25) is 14.4 Å². The van der Waals surface area contributed by atoms with E-state index in [0.717, 1.165) is 48.7 Å². The molecule has 2 aliphatic heterocycles. The van der Waals surface area contributed by atoms with Gasteiger partial charge >= 0.3 is 0 Å². The zero-order valence-electron chi connectivity index (χ0n) is 18.8. The lowest BCUT2D eigenvalue weighted by atomic mass is 10.0. The topological polar surface area (TPSA) is 90.1 Å². The van der Waals surface area contributed by atoms with Crippen molar-refractivity contribution in [3.8, 4) is 0 Å². The molecule has 9 heteroatoms. The quantitative estimate of drug-likeness (QED) is 0.657. The zero-order valence-corrected chi connectivity index (χ0v) is 18.8. The molecule has 32 heavy (non-hydrogen) atoms. The molecule has 4 heterocycles. The Hall–Kier alpha value is -3.04. The van der Waals surface area contributed by atoms with Crippen LogP contribution in [0.3, 0.4) is 0 Å². The van der Waals surface area contributed by atoms with E-state index in [1.54, 1.807) is 0 Å². The van der Waals surface area contributed by atoms with Crippen LogP contribution in [0.1, 0.15) is 45.1 Å². The molecule has 0 aliphatic carbocycles. The number of rotatable bonds is 5. The van der Waals surface area contributed by atoms with Crippen LogP contribution in [0, 0.1) is 13.8 Å². The molecule has 1 aromatic carbocycles. The molecule has 1 amide bonds. The maximum atomic E-state index is 12.5. The maximum Gasteiger partial charge on any atom is 0.251 e. The van der Waals surface area contributed by atoms with Crippen molar-refractivity contribution in [1.82, 2.24) is 35.0 Å². The molecule has 3 aromatic rings. The highest BCUT2D eigenvalue weighted by Crippen LogP contribution is 2.33. The van der Waals surface area contributed by atoms with Gasteiger partial charge in [0.1, 0.15) is 11.3 Å². The Bertz CT molecular complexity index is 1150. The predicted octanol–water partition coefficient (Wildman–Crippen LogP) is 1.73. The molecule has 1 spiro atoms. The number of hydrogen-bond acceptors (Lipinski definition) is 6. The molecular formula is C23H29N7O2. The summed E-state index contributed by atoms with van der Waals surface area (Å²) in [7, 11) is 1.99. The van der Waals surface area contributed by atoms with Crippen molar-refractivity contribution in [2.45, 2.75) is 52.1 Å². The first-order valence-corrected chi connectivity index (χ1v) is 11.0. The zero-order chi connectivity index (χ0) is 22.3. The van der Waals surface area contributed by atoms with E-state index in [-0.39, 0.29) is 11.5 Å². The predicted molar refractivity (Wildman–Crippen MR) is 118 cm³/mol. The van der Waals surface area contributed by atoms with Crippen LogP contribution in [0.15, 0.2) is 30.3 Å². The van der Waals surface area contributed by atoms with E-state index in [1.807, 2.05) is 54.5 Å². The molecule has 1 saturated heterocycles. The highest BCUT2D eigenvalue weighted by atomic mass is 16.5. The minimum atomic E-state index is -0.240. The van der Waals surface area contributed by atoms with Crippen LogP contribution >= 0.6 is 0 Å². The lowest BCUT2D eigenvalue weighted by Crippen LogP contribution is -2.44. The van der Waals surface area contributed by atoms with E-state index >= 15 is 0 Å². The summed E-state index contributed by atoms with van der Waals surface area (Å²) >= 11 is 0. The second-order valence-corrected chi connectivity index (χ2v) is 9.03. The molecule has 2 aliphatic rings. The third-order valence-corrected chi connectivity index (χ3v) is 6.45. The molecule has 0 bridgehead atoms. The molecule has 0 radical (unpaired) electrons. The van der Waals surface area contributed by atoms with Gasteiger partial charge in [0.05, 0.1) is 36.8 Å². The number of likely N-dealkylation sites (tertiary alicyclic amines) is 1. The fourth-order valence-corrected chi connectivity index (χ4v) is 4.73. The van der Waals surface area contributed by atoms with Crippen molar-refractivity contribution in [2.24, 2.45) is 7.05 Å². The smallest absolute Gasteiger partial charge is 0.251 e. The molecule has 5 rings (SSSR count). The normalized spacial score (nSPS) is 20.6. The maximum absolute atomic E-state index is 12.5. The van der Waals surface area contributed by atoms with E-state index in [2.05, 4.69) is 31.7 Å². The summed E-state index contributed by atoms with van der Waals surface area (Å²) in [4.78, 5) is 14.9. The summed E-state index contributed by atoms with van der Waals surface area (Å²) in [6, 6.07) is 9.69. The molecule has 0 saturated carbocycles. The molecular weight excluding hydrogens is 406 g/mol. The number of benzene rings is 1. The van der Waals surface area contributed by atoms with Gasteiger partial charge in [-0.25, -0.2) is 4.68 Å². The van der Waals surface area contributed by atoms with Crippen LogP contribution in [0.5, 0.6) is 0 Å². The Labute approximate surface area is 187 Å². The van der Waals surface area contributed by atoms with Gasteiger partial charge in [0.15, 0.2) is 0 Å². The Morgan fingerprint density at radius 3 is 2.91 bits per heavy atom. The summed E-state index contributed by atoms with van der Waals surface area (Å²) in [6.07, 6.45) is 0.961. The number of carbonyl (C=O) groups is 1. The first-order valence-electron chi connectivity index (χ1n) is 11.0. The van der Waals surface area contributed by atoms with Crippen LogP contribution in [0.2, 0.25) is 0 Å². The van der Waals surface area contributed by atoms with Crippen LogP contribution in [-0.2, 0) is 38.0 Å². The van der Waals surface area contributed by atoms with Crippen molar-refractivity contribution in [2.75, 3.05) is 13.1 Å². The largest absolute Gasteiger partial charge is 0.365 e. The average Bonchev–Trinajstić information content (AvgIpc) is 3.44. The summed E-state index contributed by atoms with van der Waals surface area (Å²) < 4.78 is 10.3. The summed E-state index contributed by atoms with van der Waals surface area (Å²) in [5.74, 6) is -0.111. The average molecular weight is 436 g/mol. The second kappa shape index (κ2) is 8.14. The molecule has 168 valence electrons. The van der Waals surface area contributed by atoms with Gasteiger partial charge in [-0.15, -0.1) is 5.10 Å². The molecule has 1 fully saturated rings. The Kier molecular flexibility index (Phi) is 5.30. The standard InChI is InChI=1S/C23H29N7O2/c1-16-5-4-6-18(9-16)22(31)24-11-20-21-13-32-23(15-30(21)27-25-20)7-8-29(14-23)12-19-10-17(2)26-28(19)3/h4-6,9-10H,7-8,11-15H2,1-3H3,(H,24,31). The van der Waals surface area contributed by atoms with Crippen molar-refractivity contribution in [1.29, 1.82) is 0 Å². The molecule has 1 atom stereocenters. The number of nitrogens with one attached hydrogen (secondary N) is 1. The third kappa shape index (κ3) is 4.05. The number of ether oxygens (including phenoxy) is 1. The van der Waals surface area contributed by atoms with Crippen LogP contribution in [0.25, 0.3) is 0 Å². The monoisotopic (exact) mass is 435 g/mol. The highest BCUT2D eigenvalue weighted by molar-refractivity contribution is 5.94. The van der Waals surface area contributed by atoms with Crippen LogP contribution in [0.4, 0.5) is 0 Å². The van der Waals surface area contributed by atoms with Gasteiger partial charge < -0.3 is 10.1 Å². The highest BCUT2D eigenvalue weighted by Gasteiger charge is 2.43. The molecule has 1 unspecified atom stereocenters. The lowest BCUT2D eigenvalue weighted by molar-refractivity contribution is -0.0845. The van der Waals surface area contributed by atoms with Gasteiger partial charge in [0, 0.05) is 32.2 Å². The number of carbonyl (C=O) groups excluding carboxylic acids is 1. The minimum Gasteiger partial charge on any atom is -0.365 e. The van der Waals surface area contributed by atoms with Crippen molar-refractivity contribution in [3.63, 3.8) is 0 Å². The molecule has 9 nitrogen and oxygen atoms in total. The number of amides is 1. The van der Waals surface area contributed by atoms with Gasteiger partial charge in [0.25, 0.3) is 5.91 Å².